The first-order chi connectivity index (χ1) is 16.5. The minimum Gasteiger partial charge on any atom is -0.491 e. The van der Waals surface area contributed by atoms with Gasteiger partial charge in [-0.1, -0.05) is 47.5 Å². The second-order valence-electron chi connectivity index (χ2n) is 8.35. The van der Waals surface area contributed by atoms with E-state index in [1.165, 1.54) is 5.56 Å². The van der Waals surface area contributed by atoms with Crippen LogP contribution in [0.25, 0.3) is 0 Å². The Balaban J connectivity index is 1.61. The molecule has 3 aromatic carbocycles. The molecular formula is C27H27Cl2N3O2. The molecule has 0 saturated carbocycles. The van der Waals surface area contributed by atoms with Crippen LogP contribution in [0.1, 0.15) is 35.7 Å². The van der Waals surface area contributed by atoms with Gasteiger partial charge >= 0.3 is 0 Å². The van der Waals surface area contributed by atoms with Gasteiger partial charge in [-0.3, -0.25) is 4.90 Å². The van der Waals surface area contributed by atoms with Crippen LogP contribution in [0, 0.1) is 11.3 Å². The number of aliphatic hydroxyl groups excluding tert-OH is 1. The molecule has 0 aromatic heterocycles. The Morgan fingerprint density at radius 2 is 1.79 bits per heavy atom. The van der Waals surface area contributed by atoms with E-state index in [2.05, 4.69) is 34.9 Å². The Morgan fingerprint density at radius 3 is 2.44 bits per heavy atom. The first kappa shape index (κ1) is 24.4. The summed E-state index contributed by atoms with van der Waals surface area (Å²) in [6.07, 6.45) is 0. The Labute approximate surface area is 210 Å². The van der Waals surface area contributed by atoms with Gasteiger partial charge < -0.3 is 14.7 Å². The van der Waals surface area contributed by atoms with Gasteiger partial charge in [0, 0.05) is 36.8 Å². The molecule has 3 aromatic rings. The molecule has 0 radical (unpaired) electrons. The monoisotopic (exact) mass is 495 g/mol. The van der Waals surface area contributed by atoms with E-state index in [9.17, 15) is 0 Å². The predicted octanol–water partition coefficient (Wildman–Crippen LogP) is 5.86. The maximum Gasteiger partial charge on any atom is 0.121 e. The van der Waals surface area contributed by atoms with E-state index in [1.54, 1.807) is 6.07 Å². The number of hydrogen-bond donors (Lipinski definition) is 1. The highest BCUT2D eigenvalue weighted by Gasteiger charge is 2.32. The molecule has 7 heteroatoms. The number of nitrogens with zero attached hydrogens (tertiary/aromatic N) is 3. The molecule has 0 amide bonds. The zero-order valence-electron chi connectivity index (χ0n) is 19.0. The molecule has 0 bridgehead atoms. The van der Waals surface area contributed by atoms with Crippen LogP contribution in [0.2, 0.25) is 10.0 Å². The van der Waals surface area contributed by atoms with Gasteiger partial charge in [0.15, 0.2) is 0 Å². The molecule has 0 unspecified atom stereocenters. The van der Waals surface area contributed by atoms with Crippen molar-refractivity contribution in [3.63, 3.8) is 0 Å². The number of hydrogen-bond acceptors (Lipinski definition) is 5. The van der Waals surface area contributed by atoms with Crippen LogP contribution in [-0.4, -0.2) is 42.9 Å². The zero-order valence-corrected chi connectivity index (χ0v) is 20.5. The molecule has 1 aliphatic heterocycles. The predicted molar refractivity (Wildman–Crippen MR) is 137 cm³/mol. The normalized spacial score (nSPS) is 17.3. The first-order valence-electron chi connectivity index (χ1n) is 11.3. The van der Waals surface area contributed by atoms with Gasteiger partial charge in [0.05, 0.1) is 35.0 Å². The highest BCUT2D eigenvalue weighted by Crippen LogP contribution is 2.39. The number of aliphatic hydroxyl groups is 1. The molecule has 34 heavy (non-hydrogen) atoms. The summed E-state index contributed by atoms with van der Waals surface area (Å²) in [5.41, 5.74) is 3.97. The Hall–Kier alpha value is -2.75. The van der Waals surface area contributed by atoms with E-state index >= 15 is 0 Å². The number of ether oxygens (including phenoxy) is 1. The van der Waals surface area contributed by atoms with Crippen molar-refractivity contribution >= 4 is 28.9 Å². The van der Waals surface area contributed by atoms with Crippen molar-refractivity contribution in [1.29, 1.82) is 5.26 Å². The van der Waals surface area contributed by atoms with Gasteiger partial charge in [0.1, 0.15) is 12.4 Å². The third-order valence-corrected chi connectivity index (χ3v) is 6.88. The summed E-state index contributed by atoms with van der Waals surface area (Å²) in [5.74, 6) is 0.638. The van der Waals surface area contributed by atoms with Crippen molar-refractivity contribution in [2.24, 2.45) is 0 Å². The minimum absolute atomic E-state index is 0.0443. The van der Waals surface area contributed by atoms with E-state index in [0.717, 1.165) is 30.9 Å². The summed E-state index contributed by atoms with van der Waals surface area (Å²) in [6.45, 7) is 4.86. The molecule has 1 aliphatic rings. The van der Waals surface area contributed by atoms with Gasteiger partial charge in [-0.05, 0) is 54.4 Å². The summed E-state index contributed by atoms with van der Waals surface area (Å²) in [4.78, 5) is 4.80. The molecule has 0 spiro atoms. The molecule has 1 N–H and O–H groups in total. The van der Waals surface area contributed by atoms with Crippen molar-refractivity contribution in [2.75, 3.05) is 37.7 Å². The summed E-state index contributed by atoms with van der Waals surface area (Å²) in [7, 11) is 0. The van der Waals surface area contributed by atoms with Gasteiger partial charge in [-0.2, -0.15) is 5.26 Å². The van der Waals surface area contributed by atoms with E-state index in [1.807, 2.05) is 48.5 Å². The Kier molecular flexibility index (Phi) is 7.97. The maximum atomic E-state index is 9.11. The summed E-state index contributed by atoms with van der Waals surface area (Å²) in [5, 5.41) is 19.4. The van der Waals surface area contributed by atoms with Crippen molar-refractivity contribution in [1.82, 2.24) is 4.90 Å². The van der Waals surface area contributed by atoms with Gasteiger partial charge in [0.2, 0.25) is 0 Å². The quantitative estimate of drug-likeness (QED) is 0.444. The fourth-order valence-corrected chi connectivity index (χ4v) is 4.84. The van der Waals surface area contributed by atoms with E-state index in [0.29, 0.717) is 21.4 Å². The van der Waals surface area contributed by atoms with Gasteiger partial charge in [0.25, 0.3) is 0 Å². The van der Waals surface area contributed by atoms with Crippen molar-refractivity contribution < 1.29 is 9.84 Å². The second kappa shape index (κ2) is 11.1. The van der Waals surface area contributed by atoms with Crippen molar-refractivity contribution in [3.05, 3.63) is 93.5 Å². The minimum atomic E-state index is -0.0443. The van der Waals surface area contributed by atoms with Crippen LogP contribution in [0.3, 0.4) is 0 Å². The molecule has 5 nitrogen and oxygen atoms in total. The Morgan fingerprint density at radius 1 is 1.06 bits per heavy atom. The molecule has 4 rings (SSSR count). The zero-order chi connectivity index (χ0) is 24.1. The fourth-order valence-electron chi connectivity index (χ4n) is 4.44. The largest absolute Gasteiger partial charge is 0.491 e. The lowest BCUT2D eigenvalue weighted by Crippen LogP contribution is -2.49. The van der Waals surface area contributed by atoms with Crippen molar-refractivity contribution in [3.8, 4) is 11.8 Å². The molecule has 176 valence electrons. The van der Waals surface area contributed by atoms with Crippen LogP contribution in [0.5, 0.6) is 5.75 Å². The number of benzene rings is 3. The van der Waals surface area contributed by atoms with Crippen LogP contribution in [-0.2, 0) is 0 Å². The first-order valence-corrected chi connectivity index (χ1v) is 12.0. The average molecular weight is 496 g/mol. The number of nitriles is 1. The lowest BCUT2D eigenvalue weighted by Gasteiger charge is -2.45. The van der Waals surface area contributed by atoms with E-state index in [-0.39, 0.29) is 25.3 Å². The highest BCUT2D eigenvalue weighted by atomic mass is 35.5. The second-order valence-corrected chi connectivity index (χ2v) is 9.19. The molecule has 1 saturated heterocycles. The smallest absolute Gasteiger partial charge is 0.121 e. The fraction of sp³-hybridized carbons (Fsp3) is 0.296. The van der Waals surface area contributed by atoms with Crippen LogP contribution in [0.15, 0.2) is 66.7 Å². The molecule has 0 aliphatic carbocycles. The lowest BCUT2D eigenvalue weighted by atomic mass is 9.98. The molecular weight excluding hydrogens is 469 g/mol. The lowest BCUT2D eigenvalue weighted by molar-refractivity contribution is 0.171. The summed E-state index contributed by atoms with van der Waals surface area (Å²) >= 11 is 12.9. The van der Waals surface area contributed by atoms with Gasteiger partial charge in [-0.25, -0.2) is 0 Å². The maximum absolute atomic E-state index is 9.11. The van der Waals surface area contributed by atoms with Crippen LogP contribution < -0.4 is 9.64 Å². The third kappa shape index (κ3) is 5.48. The summed E-state index contributed by atoms with van der Waals surface area (Å²) in [6, 6.07) is 24.0. The van der Waals surface area contributed by atoms with Crippen molar-refractivity contribution in [2.45, 2.75) is 19.0 Å². The van der Waals surface area contributed by atoms with E-state index < -0.39 is 0 Å². The van der Waals surface area contributed by atoms with Crippen LogP contribution >= 0.6 is 23.2 Å². The number of piperazine rings is 1. The topological polar surface area (TPSA) is 59.7 Å². The number of anilines is 1. The highest BCUT2D eigenvalue weighted by molar-refractivity contribution is 6.33. The number of halogens is 2. The SMILES string of the molecule is C[C@H](c1ccc(C#N)cc1)N1CCN(c2ccc(OCCO)cc2Cl)[C@H](c2ccc(Cl)cc2)C1. The van der Waals surface area contributed by atoms with Crippen LogP contribution in [0.4, 0.5) is 5.69 Å². The molecule has 2 atom stereocenters. The number of rotatable bonds is 7. The molecule has 1 heterocycles. The standard InChI is InChI=1S/C27H27Cl2N3O2/c1-19(21-4-2-20(17-30)3-5-21)31-12-13-32(27(18-31)22-6-8-23(28)9-7-22)26-11-10-24(16-25(26)29)34-15-14-33/h2-11,16,19,27,33H,12-15,18H2,1H3/t19-,27+/m1/s1. The Bertz CT molecular complexity index is 1150. The third-order valence-electron chi connectivity index (χ3n) is 6.33. The molecule has 1 fully saturated rings. The van der Waals surface area contributed by atoms with Gasteiger partial charge in [-0.15, -0.1) is 0 Å². The average Bonchev–Trinajstić information content (AvgIpc) is 2.87. The summed E-state index contributed by atoms with van der Waals surface area (Å²) < 4.78 is 5.52. The van der Waals surface area contributed by atoms with E-state index in [4.69, 9.17) is 38.3 Å².